The molecule has 0 aliphatic carbocycles. The summed E-state index contributed by atoms with van der Waals surface area (Å²) < 4.78 is 11.0. The summed E-state index contributed by atoms with van der Waals surface area (Å²) in [6.07, 6.45) is 1.76. The number of hydrogen-bond donors (Lipinski definition) is 2. The van der Waals surface area contributed by atoms with E-state index in [1.54, 1.807) is 19.2 Å². The Morgan fingerprint density at radius 2 is 2.04 bits per heavy atom. The highest BCUT2D eigenvalue weighted by molar-refractivity contribution is 5.78. The van der Waals surface area contributed by atoms with Crippen molar-refractivity contribution in [3.63, 3.8) is 0 Å². The first-order chi connectivity index (χ1) is 13.7. The van der Waals surface area contributed by atoms with Gasteiger partial charge in [0.05, 0.1) is 18.8 Å². The first-order valence-electron chi connectivity index (χ1n) is 9.41. The molecule has 3 rings (SSSR count). The molecule has 28 heavy (non-hydrogen) atoms. The molecule has 1 aliphatic heterocycles. The third kappa shape index (κ3) is 4.51. The predicted octanol–water partition coefficient (Wildman–Crippen LogP) is 1.99. The first-order valence-corrected chi connectivity index (χ1v) is 9.41. The average molecular weight is 385 g/mol. The SMILES string of the molecule is CNCc1cc(NC)nc(C2CCCN2C(=O)COc2ccccc2OC)n1. The Labute approximate surface area is 165 Å². The molecule has 0 saturated carbocycles. The molecule has 150 valence electrons. The molecule has 1 fully saturated rings. The summed E-state index contributed by atoms with van der Waals surface area (Å²) in [6.45, 7) is 1.26. The molecule has 1 unspecified atom stereocenters. The van der Waals surface area contributed by atoms with Gasteiger partial charge in [0.15, 0.2) is 23.9 Å². The Balaban J connectivity index is 1.73. The fourth-order valence-corrected chi connectivity index (χ4v) is 3.36. The predicted molar refractivity (Wildman–Crippen MR) is 107 cm³/mol. The van der Waals surface area contributed by atoms with Crippen molar-refractivity contribution in [1.29, 1.82) is 0 Å². The van der Waals surface area contributed by atoms with Crippen LogP contribution in [0.1, 0.15) is 30.4 Å². The molecule has 1 aromatic heterocycles. The van der Waals surface area contributed by atoms with Gasteiger partial charge in [-0.2, -0.15) is 0 Å². The molecule has 0 spiro atoms. The van der Waals surface area contributed by atoms with E-state index >= 15 is 0 Å². The van der Waals surface area contributed by atoms with Crippen molar-refractivity contribution >= 4 is 11.7 Å². The van der Waals surface area contributed by atoms with E-state index in [0.717, 1.165) is 24.4 Å². The number of rotatable bonds is 8. The average Bonchev–Trinajstić information content (AvgIpc) is 3.22. The molecule has 2 heterocycles. The molecule has 8 nitrogen and oxygen atoms in total. The monoisotopic (exact) mass is 385 g/mol. The number of methoxy groups -OCH3 is 1. The van der Waals surface area contributed by atoms with Gasteiger partial charge in [-0.1, -0.05) is 12.1 Å². The van der Waals surface area contributed by atoms with Crippen molar-refractivity contribution in [1.82, 2.24) is 20.2 Å². The topological polar surface area (TPSA) is 88.6 Å². The molecular weight excluding hydrogens is 358 g/mol. The molecule has 1 saturated heterocycles. The summed E-state index contributed by atoms with van der Waals surface area (Å²) in [5.74, 6) is 2.50. The Morgan fingerprint density at radius 1 is 1.25 bits per heavy atom. The zero-order valence-electron chi connectivity index (χ0n) is 16.6. The van der Waals surface area contributed by atoms with Gasteiger partial charge in [-0.05, 0) is 32.0 Å². The van der Waals surface area contributed by atoms with Crippen LogP contribution in [0, 0.1) is 0 Å². The number of nitrogens with zero attached hydrogens (tertiary/aromatic N) is 3. The number of aromatic nitrogens is 2. The number of carbonyl (C=O) groups is 1. The second-order valence-corrected chi connectivity index (χ2v) is 6.57. The number of likely N-dealkylation sites (tertiary alicyclic amines) is 1. The minimum absolute atomic E-state index is 0.0496. The number of nitrogens with one attached hydrogen (secondary N) is 2. The highest BCUT2D eigenvalue weighted by Crippen LogP contribution is 2.31. The van der Waals surface area contributed by atoms with Gasteiger partial charge in [0.1, 0.15) is 5.82 Å². The van der Waals surface area contributed by atoms with Crippen molar-refractivity contribution in [2.45, 2.75) is 25.4 Å². The number of amides is 1. The van der Waals surface area contributed by atoms with Crippen LogP contribution in [0.2, 0.25) is 0 Å². The smallest absolute Gasteiger partial charge is 0.261 e. The Kier molecular flexibility index (Phi) is 6.65. The van der Waals surface area contributed by atoms with Crippen LogP contribution in [0.15, 0.2) is 30.3 Å². The van der Waals surface area contributed by atoms with Crippen molar-refractivity contribution < 1.29 is 14.3 Å². The highest BCUT2D eigenvalue weighted by atomic mass is 16.5. The lowest BCUT2D eigenvalue weighted by Crippen LogP contribution is -2.35. The minimum atomic E-state index is -0.141. The minimum Gasteiger partial charge on any atom is -0.493 e. The molecule has 2 N–H and O–H groups in total. The molecular formula is C20H27N5O3. The van der Waals surface area contributed by atoms with Crippen molar-refractivity contribution in [3.8, 4) is 11.5 Å². The van der Waals surface area contributed by atoms with Crippen LogP contribution in [-0.2, 0) is 11.3 Å². The first kappa shape index (κ1) is 19.9. The quantitative estimate of drug-likeness (QED) is 0.718. The van der Waals surface area contributed by atoms with Crippen LogP contribution >= 0.6 is 0 Å². The molecule has 0 bridgehead atoms. The van der Waals surface area contributed by atoms with Crippen LogP contribution < -0.4 is 20.1 Å². The fraction of sp³-hybridized carbons (Fsp3) is 0.450. The van der Waals surface area contributed by atoms with Gasteiger partial charge in [0.25, 0.3) is 5.91 Å². The van der Waals surface area contributed by atoms with Gasteiger partial charge in [0, 0.05) is 26.2 Å². The van der Waals surface area contributed by atoms with Crippen LogP contribution in [0.5, 0.6) is 11.5 Å². The number of hydrogen-bond acceptors (Lipinski definition) is 7. The zero-order chi connectivity index (χ0) is 19.9. The number of anilines is 1. The molecule has 1 amide bonds. The second-order valence-electron chi connectivity index (χ2n) is 6.57. The summed E-state index contributed by atoms with van der Waals surface area (Å²) >= 11 is 0. The maximum atomic E-state index is 12.8. The van der Waals surface area contributed by atoms with E-state index in [1.165, 1.54) is 0 Å². The number of benzene rings is 1. The summed E-state index contributed by atoms with van der Waals surface area (Å²) in [5, 5.41) is 6.18. The highest BCUT2D eigenvalue weighted by Gasteiger charge is 2.32. The normalized spacial score (nSPS) is 16.1. The second kappa shape index (κ2) is 9.36. The largest absolute Gasteiger partial charge is 0.493 e. The van der Waals surface area contributed by atoms with Gasteiger partial charge in [0.2, 0.25) is 0 Å². The summed E-state index contributed by atoms with van der Waals surface area (Å²) in [5.41, 5.74) is 0.890. The van der Waals surface area contributed by atoms with Gasteiger partial charge in [-0.15, -0.1) is 0 Å². The summed E-state index contributed by atoms with van der Waals surface area (Å²) in [7, 11) is 5.28. The van der Waals surface area contributed by atoms with Gasteiger partial charge in [-0.25, -0.2) is 9.97 Å². The van der Waals surface area contributed by atoms with E-state index in [2.05, 4.69) is 20.6 Å². The van der Waals surface area contributed by atoms with Crippen LogP contribution in [0.25, 0.3) is 0 Å². The van der Waals surface area contributed by atoms with E-state index in [9.17, 15) is 4.79 Å². The van der Waals surface area contributed by atoms with E-state index in [4.69, 9.17) is 9.47 Å². The zero-order valence-corrected chi connectivity index (χ0v) is 16.6. The maximum Gasteiger partial charge on any atom is 0.261 e. The number of carbonyl (C=O) groups excluding carboxylic acids is 1. The third-order valence-electron chi connectivity index (χ3n) is 4.70. The fourth-order valence-electron chi connectivity index (χ4n) is 3.36. The van der Waals surface area contributed by atoms with Gasteiger partial charge in [-0.3, -0.25) is 4.79 Å². The van der Waals surface area contributed by atoms with E-state index in [-0.39, 0.29) is 18.6 Å². The number of para-hydroxylation sites is 2. The van der Waals surface area contributed by atoms with Gasteiger partial charge < -0.3 is 25.0 Å². The maximum absolute atomic E-state index is 12.8. The number of ether oxygens (including phenoxy) is 2. The Hall–Kier alpha value is -2.87. The molecule has 1 atom stereocenters. The standard InChI is InChI=1S/C20H27N5O3/c1-21-12-14-11-18(22-2)24-20(23-14)15-7-6-10-25(15)19(26)13-28-17-9-5-4-8-16(17)27-3/h4-5,8-9,11,15,21H,6-7,10,12-13H2,1-3H3,(H,22,23,24). The molecule has 2 aromatic rings. The van der Waals surface area contributed by atoms with E-state index < -0.39 is 0 Å². The van der Waals surface area contributed by atoms with E-state index in [0.29, 0.717) is 30.4 Å². The van der Waals surface area contributed by atoms with Crippen LogP contribution in [-0.4, -0.2) is 55.1 Å². The molecule has 1 aromatic carbocycles. The molecule has 8 heteroatoms. The Morgan fingerprint density at radius 3 is 2.75 bits per heavy atom. The van der Waals surface area contributed by atoms with Crippen molar-refractivity contribution in [2.24, 2.45) is 0 Å². The van der Waals surface area contributed by atoms with E-state index in [1.807, 2.05) is 37.2 Å². The van der Waals surface area contributed by atoms with Crippen molar-refractivity contribution in [2.75, 3.05) is 39.7 Å². The summed E-state index contributed by atoms with van der Waals surface area (Å²) in [4.78, 5) is 23.9. The summed E-state index contributed by atoms with van der Waals surface area (Å²) in [6, 6.07) is 9.07. The van der Waals surface area contributed by atoms with Gasteiger partial charge >= 0.3 is 0 Å². The Bertz CT molecular complexity index is 814. The van der Waals surface area contributed by atoms with Crippen molar-refractivity contribution in [3.05, 3.63) is 41.9 Å². The lowest BCUT2D eigenvalue weighted by molar-refractivity contribution is -0.134. The third-order valence-corrected chi connectivity index (χ3v) is 4.70. The molecule has 1 aliphatic rings. The molecule has 0 radical (unpaired) electrons. The van der Waals surface area contributed by atoms with Crippen LogP contribution in [0.4, 0.5) is 5.82 Å². The lowest BCUT2D eigenvalue weighted by Gasteiger charge is -2.24. The lowest BCUT2D eigenvalue weighted by atomic mass is 10.2. The van der Waals surface area contributed by atoms with Crippen LogP contribution in [0.3, 0.4) is 0 Å².